The molecule has 2 amide bonds. The second kappa shape index (κ2) is 8.62. The van der Waals surface area contributed by atoms with Crippen molar-refractivity contribution in [1.29, 1.82) is 0 Å². The molecule has 0 bridgehead atoms. The molecule has 2 heterocycles. The van der Waals surface area contributed by atoms with Crippen molar-refractivity contribution in [3.63, 3.8) is 0 Å². The molecule has 2 aromatic carbocycles. The summed E-state index contributed by atoms with van der Waals surface area (Å²) in [6, 6.07) is 12.7. The van der Waals surface area contributed by atoms with Gasteiger partial charge in [-0.25, -0.2) is 0 Å². The van der Waals surface area contributed by atoms with Crippen molar-refractivity contribution < 1.29 is 9.59 Å². The van der Waals surface area contributed by atoms with Gasteiger partial charge < -0.3 is 10.2 Å². The number of hydrogen-bond donors (Lipinski definition) is 1. The molecule has 30 heavy (non-hydrogen) atoms. The zero-order valence-electron chi connectivity index (χ0n) is 17.0. The monoisotopic (exact) mass is 438 g/mol. The molecule has 1 aliphatic heterocycles. The molecule has 0 fully saturated rings. The van der Waals surface area contributed by atoms with Crippen LogP contribution in [0.2, 0.25) is 5.02 Å². The van der Waals surface area contributed by atoms with Crippen molar-refractivity contribution in [3.8, 4) is 0 Å². The third-order valence-corrected chi connectivity index (χ3v) is 6.88. The summed E-state index contributed by atoms with van der Waals surface area (Å²) < 4.78 is 0. The van der Waals surface area contributed by atoms with Gasteiger partial charge in [-0.2, -0.15) is 0 Å². The molecule has 6 heteroatoms. The number of fused-ring (bicyclic) bond motifs is 1. The van der Waals surface area contributed by atoms with Gasteiger partial charge in [-0.05, 0) is 79.9 Å². The Hall–Kier alpha value is -2.63. The van der Waals surface area contributed by atoms with Crippen molar-refractivity contribution in [2.75, 3.05) is 16.8 Å². The first-order chi connectivity index (χ1) is 14.5. The van der Waals surface area contributed by atoms with E-state index in [0.29, 0.717) is 28.4 Å². The Morgan fingerprint density at radius 3 is 2.70 bits per heavy atom. The minimum absolute atomic E-state index is 0.103. The summed E-state index contributed by atoms with van der Waals surface area (Å²) in [4.78, 5) is 29.0. The molecule has 154 valence electrons. The lowest BCUT2D eigenvalue weighted by atomic mass is 10.0. The summed E-state index contributed by atoms with van der Waals surface area (Å²) >= 11 is 8.17. The van der Waals surface area contributed by atoms with Crippen molar-refractivity contribution >= 4 is 46.1 Å². The SMILES string of the molecule is Cc1cccc(C(=O)Nc2ccc(C(=O)N3CCCCc4sccc43)c(Cl)c2)c1C. The molecule has 1 aromatic heterocycles. The molecule has 0 spiro atoms. The first kappa shape index (κ1) is 20.6. The van der Waals surface area contributed by atoms with E-state index in [1.54, 1.807) is 35.6 Å². The molecule has 0 atom stereocenters. The van der Waals surface area contributed by atoms with E-state index in [0.717, 1.165) is 36.1 Å². The van der Waals surface area contributed by atoms with Crippen LogP contribution in [-0.2, 0) is 6.42 Å². The fraction of sp³-hybridized carbons (Fsp3) is 0.250. The van der Waals surface area contributed by atoms with E-state index in [1.807, 2.05) is 42.3 Å². The van der Waals surface area contributed by atoms with Gasteiger partial charge in [0.2, 0.25) is 0 Å². The highest BCUT2D eigenvalue weighted by molar-refractivity contribution is 7.10. The van der Waals surface area contributed by atoms with Gasteiger partial charge in [0.25, 0.3) is 11.8 Å². The normalized spacial score (nSPS) is 13.5. The molecule has 0 aliphatic carbocycles. The molecule has 3 aromatic rings. The first-order valence-corrected chi connectivity index (χ1v) is 11.3. The lowest BCUT2D eigenvalue weighted by Gasteiger charge is -2.22. The lowest BCUT2D eigenvalue weighted by molar-refractivity contribution is 0.0986. The van der Waals surface area contributed by atoms with Crippen LogP contribution in [-0.4, -0.2) is 18.4 Å². The highest BCUT2D eigenvalue weighted by Gasteiger charge is 2.25. The molecule has 0 saturated carbocycles. The van der Waals surface area contributed by atoms with Crippen LogP contribution in [0.5, 0.6) is 0 Å². The number of carbonyl (C=O) groups excluding carboxylic acids is 2. The summed E-state index contributed by atoms with van der Waals surface area (Å²) in [5.74, 6) is -0.296. The van der Waals surface area contributed by atoms with E-state index in [1.165, 1.54) is 4.88 Å². The van der Waals surface area contributed by atoms with Gasteiger partial charge in [0, 0.05) is 22.7 Å². The van der Waals surface area contributed by atoms with Crippen LogP contribution in [0, 0.1) is 13.8 Å². The Kier molecular flexibility index (Phi) is 5.93. The van der Waals surface area contributed by atoms with E-state index in [9.17, 15) is 9.59 Å². The third-order valence-electron chi connectivity index (χ3n) is 5.60. The number of rotatable bonds is 3. The summed E-state index contributed by atoms with van der Waals surface area (Å²) in [7, 11) is 0. The molecular formula is C24H23ClN2O2S. The van der Waals surface area contributed by atoms with Gasteiger partial charge in [-0.15, -0.1) is 11.3 Å². The largest absolute Gasteiger partial charge is 0.322 e. The molecule has 1 N–H and O–H groups in total. The Bertz CT molecular complexity index is 1120. The molecule has 4 nitrogen and oxygen atoms in total. The quantitative estimate of drug-likeness (QED) is 0.525. The van der Waals surface area contributed by atoms with Crippen LogP contribution in [0.15, 0.2) is 47.8 Å². The highest BCUT2D eigenvalue weighted by Crippen LogP contribution is 2.33. The summed E-state index contributed by atoms with van der Waals surface area (Å²) in [5, 5.41) is 5.25. The minimum Gasteiger partial charge on any atom is -0.322 e. The number of aryl methyl sites for hydroxylation is 2. The first-order valence-electron chi connectivity index (χ1n) is 10.0. The average molecular weight is 439 g/mol. The third kappa shape index (κ3) is 4.00. The van der Waals surface area contributed by atoms with E-state index < -0.39 is 0 Å². The predicted molar refractivity (Wildman–Crippen MR) is 124 cm³/mol. The number of benzene rings is 2. The van der Waals surface area contributed by atoms with E-state index in [-0.39, 0.29) is 11.8 Å². The zero-order chi connectivity index (χ0) is 21.3. The smallest absolute Gasteiger partial charge is 0.259 e. The maximum absolute atomic E-state index is 13.2. The maximum atomic E-state index is 13.2. The topological polar surface area (TPSA) is 49.4 Å². The van der Waals surface area contributed by atoms with Crippen LogP contribution in [0.1, 0.15) is 49.6 Å². The molecule has 4 rings (SSSR count). The molecule has 0 radical (unpaired) electrons. The predicted octanol–water partition coefficient (Wildman–Crippen LogP) is 6.25. The number of carbonyl (C=O) groups is 2. The Labute approximate surface area is 185 Å². The van der Waals surface area contributed by atoms with Crippen LogP contribution in [0.4, 0.5) is 11.4 Å². The molecule has 0 saturated heterocycles. The van der Waals surface area contributed by atoms with Crippen molar-refractivity contribution in [2.45, 2.75) is 33.1 Å². The molecule has 0 unspecified atom stereocenters. The van der Waals surface area contributed by atoms with Crippen molar-refractivity contribution in [3.05, 3.63) is 80.0 Å². The van der Waals surface area contributed by atoms with E-state index in [4.69, 9.17) is 11.6 Å². The maximum Gasteiger partial charge on any atom is 0.259 e. The van der Waals surface area contributed by atoms with E-state index >= 15 is 0 Å². The number of nitrogens with zero attached hydrogens (tertiary/aromatic N) is 1. The Morgan fingerprint density at radius 1 is 1.07 bits per heavy atom. The van der Waals surface area contributed by atoms with Crippen LogP contribution >= 0.6 is 22.9 Å². The molecule has 1 aliphatic rings. The number of hydrogen-bond acceptors (Lipinski definition) is 3. The van der Waals surface area contributed by atoms with Gasteiger partial charge in [0.15, 0.2) is 0 Å². The lowest BCUT2D eigenvalue weighted by Crippen LogP contribution is -2.31. The van der Waals surface area contributed by atoms with Gasteiger partial charge >= 0.3 is 0 Å². The van der Waals surface area contributed by atoms with Gasteiger partial charge in [0.1, 0.15) is 0 Å². The highest BCUT2D eigenvalue weighted by atomic mass is 35.5. The van der Waals surface area contributed by atoms with Crippen LogP contribution < -0.4 is 10.2 Å². The van der Waals surface area contributed by atoms with Gasteiger partial charge in [-0.1, -0.05) is 23.7 Å². The van der Waals surface area contributed by atoms with E-state index in [2.05, 4.69) is 5.32 Å². The number of anilines is 2. The van der Waals surface area contributed by atoms with Gasteiger partial charge in [-0.3, -0.25) is 9.59 Å². The average Bonchev–Trinajstić information content (AvgIpc) is 3.09. The van der Waals surface area contributed by atoms with Crippen molar-refractivity contribution in [1.82, 2.24) is 0 Å². The minimum atomic E-state index is -0.193. The fourth-order valence-electron chi connectivity index (χ4n) is 3.76. The number of halogens is 1. The van der Waals surface area contributed by atoms with Crippen molar-refractivity contribution in [2.24, 2.45) is 0 Å². The zero-order valence-corrected chi connectivity index (χ0v) is 18.6. The number of amides is 2. The summed E-state index contributed by atoms with van der Waals surface area (Å²) in [6.45, 7) is 4.59. The second-order valence-electron chi connectivity index (χ2n) is 7.54. The Morgan fingerprint density at radius 2 is 1.90 bits per heavy atom. The summed E-state index contributed by atoms with van der Waals surface area (Å²) in [6.07, 6.45) is 3.05. The van der Waals surface area contributed by atoms with Crippen LogP contribution in [0.3, 0.4) is 0 Å². The second-order valence-corrected chi connectivity index (χ2v) is 8.95. The van der Waals surface area contributed by atoms with Gasteiger partial charge in [0.05, 0.1) is 16.3 Å². The number of nitrogens with one attached hydrogen (secondary N) is 1. The number of thiophene rings is 1. The standard InChI is InChI=1S/C24H23ClN2O2S/c1-15-6-5-7-18(16(15)2)23(28)26-17-9-10-19(20(25)14-17)24(29)27-12-4-3-8-22-21(27)11-13-30-22/h5-7,9-11,13-14H,3-4,8,12H2,1-2H3,(H,26,28). The summed E-state index contributed by atoms with van der Waals surface area (Å²) in [5.41, 5.74) is 4.63. The van der Waals surface area contributed by atoms with Crippen LogP contribution in [0.25, 0.3) is 0 Å². The molecular weight excluding hydrogens is 416 g/mol. The Balaban J connectivity index is 1.56. The fourth-order valence-corrected chi connectivity index (χ4v) is 4.94.